The minimum atomic E-state index is -0.267. The monoisotopic (exact) mass is 350 g/mol. The lowest BCUT2D eigenvalue weighted by molar-refractivity contribution is -0.118. The number of hydrogen-bond acceptors (Lipinski definition) is 5. The van der Waals surface area contributed by atoms with E-state index in [0.717, 1.165) is 16.2 Å². The van der Waals surface area contributed by atoms with E-state index in [9.17, 15) is 9.90 Å². The second-order valence-electron chi connectivity index (χ2n) is 5.34. The summed E-state index contributed by atoms with van der Waals surface area (Å²) in [6.45, 7) is 0. The van der Waals surface area contributed by atoms with Gasteiger partial charge in [-0.2, -0.15) is 5.10 Å². The van der Waals surface area contributed by atoms with Crippen LogP contribution < -0.4 is 10.9 Å². The molecule has 124 valence electrons. The number of para-hydroxylation sites is 2. The van der Waals surface area contributed by atoms with Gasteiger partial charge in [-0.3, -0.25) is 4.79 Å². The van der Waals surface area contributed by atoms with Crippen LogP contribution in [0.2, 0.25) is 0 Å². The third kappa shape index (κ3) is 4.03. The summed E-state index contributed by atoms with van der Waals surface area (Å²) in [6.07, 6.45) is 1.35. The Balaban J connectivity index is 1.58. The third-order valence-electron chi connectivity index (χ3n) is 3.52. The first-order valence-corrected chi connectivity index (χ1v) is 8.48. The molecule has 0 fully saturated rings. The molecule has 0 saturated carbocycles. The van der Waals surface area contributed by atoms with Crippen LogP contribution in [-0.4, -0.2) is 40.4 Å². The molecule has 0 aliphatic heterocycles. The van der Waals surface area contributed by atoms with E-state index in [1.165, 1.54) is 24.0 Å². The predicted molar refractivity (Wildman–Crippen MR) is 101 cm³/mol. The first-order valence-electron chi connectivity index (χ1n) is 7.49. The molecule has 3 rings (SSSR count). The topological polar surface area (TPSA) is 79.5 Å². The maximum atomic E-state index is 11.9. The summed E-state index contributed by atoms with van der Waals surface area (Å²) >= 11 is 1.33. The van der Waals surface area contributed by atoms with E-state index in [2.05, 4.69) is 15.5 Å². The number of nitrogens with zero attached hydrogens (tertiary/aromatic N) is 3. The average Bonchev–Trinajstić information content (AvgIpc) is 2.92. The minimum absolute atomic E-state index is 0.0428. The van der Waals surface area contributed by atoms with Crippen LogP contribution in [0, 0.1) is 0 Å². The Kier molecular flexibility index (Phi) is 5.09. The second kappa shape index (κ2) is 7.44. The van der Waals surface area contributed by atoms with E-state index >= 15 is 0 Å². The number of imidazole rings is 1. The number of phenolic OH excluding ortho intramolecular Hbond substituents is 1. The van der Waals surface area contributed by atoms with Crippen molar-refractivity contribution in [3.8, 4) is 5.75 Å². The van der Waals surface area contributed by atoms with Gasteiger partial charge >= 0.3 is 0 Å². The largest absolute Gasteiger partial charge is 0.507 e. The van der Waals surface area contributed by atoms with Crippen LogP contribution in [0.25, 0.3) is 11.0 Å². The number of amides is 1. The number of carbonyl (C=O) groups is 1. The van der Waals surface area contributed by atoms with Gasteiger partial charge in [0.25, 0.3) is 5.91 Å². The van der Waals surface area contributed by atoms with Crippen LogP contribution in [-0.2, 0) is 11.8 Å². The van der Waals surface area contributed by atoms with Crippen molar-refractivity contribution in [2.75, 3.05) is 5.75 Å². The maximum absolute atomic E-state index is 11.9. The molecule has 2 aromatic carbocycles. The summed E-state index contributed by atoms with van der Waals surface area (Å²) in [7, 11) is 7.56. The number of rotatable bonds is 5. The minimum Gasteiger partial charge on any atom is -0.507 e. The van der Waals surface area contributed by atoms with Crippen molar-refractivity contribution < 1.29 is 9.90 Å². The van der Waals surface area contributed by atoms with E-state index in [-0.39, 0.29) is 17.4 Å². The molecular formula is C17H15BN4O2S. The highest BCUT2D eigenvalue weighted by Gasteiger charge is 2.09. The van der Waals surface area contributed by atoms with Gasteiger partial charge < -0.3 is 9.67 Å². The normalized spacial score (nSPS) is 11.2. The fourth-order valence-corrected chi connectivity index (χ4v) is 3.04. The molecule has 0 unspecified atom stereocenters. The van der Waals surface area contributed by atoms with Crippen molar-refractivity contribution in [3.63, 3.8) is 0 Å². The zero-order valence-electron chi connectivity index (χ0n) is 13.5. The number of carbonyl (C=O) groups excluding carboxylic acids is 1. The van der Waals surface area contributed by atoms with Crippen LogP contribution >= 0.6 is 11.8 Å². The highest BCUT2D eigenvalue weighted by atomic mass is 32.2. The summed E-state index contributed by atoms with van der Waals surface area (Å²) < 4.78 is 1.95. The molecule has 0 aliphatic carbocycles. The number of fused-ring (bicyclic) bond motifs is 1. The van der Waals surface area contributed by atoms with Gasteiger partial charge in [-0.1, -0.05) is 41.5 Å². The van der Waals surface area contributed by atoms with Crippen LogP contribution in [0.15, 0.2) is 52.7 Å². The zero-order chi connectivity index (χ0) is 17.8. The lowest BCUT2D eigenvalue weighted by atomic mass is 9.94. The van der Waals surface area contributed by atoms with E-state index in [1.54, 1.807) is 12.1 Å². The summed E-state index contributed by atoms with van der Waals surface area (Å²) in [4.78, 5) is 16.4. The van der Waals surface area contributed by atoms with Gasteiger partial charge in [-0.15, -0.1) is 0 Å². The molecule has 3 aromatic rings. The Morgan fingerprint density at radius 1 is 1.40 bits per heavy atom. The van der Waals surface area contributed by atoms with E-state index in [0.29, 0.717) is 11.0 Å². The maximum Gasteiger partial charge on any atom is 0.250 e. The Labute approximate surface area is 150 Å². The van der Waals surface area contributed by atoms with Crippen LogP contribution in [0.4, 0.5) is 0 Å². The van der Waals surface area contributed by atoms with Crippen molar-refractivity contribution >= 4 is 48.2 Å². The van der Waals surface area contributed by atoms with Crippen molar-refractivity contribution in [1.29, 1.82) is 0 Å². The number of nitrogens with one attached hydrogen (secondary N) is 1. The first-order chi connectivity index (χ1) is 12.0. The highest BCUT2D eigenvalue weighted by molar-refractivity contribution is 7.99. The van der Waals surface area contributed by atoms with E-state index in [4.69, 9.17) is 7.85 Å². The van der Waals surface area contributed by atoms with Gasteiger partial charge in [0.05, 0.1) is 23.0 Å². The molecule has 2 radical (unpaired) electrons. The standard InChI is InChI=1S/C17H15BN4O2S/c1-22-14-5-3-2-4-13(14)20-17(22)25-10-16(24)21-19-9-11-8-12(18)6-7-15(11)23/h2-9,23H,10H2,1H3,(H,21,24)/b19-9+. The lowest BCUT2D eigenvalue weighted by Crippen LogP contribution is -2.20. The number of hydrogen-bond donors (Lipinski definition) is 2. The van der Waals surface area contributed by atoms with Gasteiger partial charge in [-0.05, 0) is 18.2 Å². The summed E-state index contributed by atoms with van der Waals surface area (Å²) in [6, 6.07) is 12.4. The summed E-state index contributed by atoms with van der Waals surface area (Å²) in [5.41, 5.74) is 5.26. The van der Waals surface area contributed by atoms with Crippen LogP contribution in [0.3, 0.4) is 0 Å². The molecule has 0 atom stereocenters. The molecule has 0 aliphatic rings. The molecule has 1 amide bonds. The molecule has 0 spiro atoms. The molecule has 0 saturated heterocycles. The number of phenols is 1. The van der Waals surface area contributed by atoms with E-state index < -0.39 is 0 Å². The Morgan fingerprint density at radius 2 is 2.20 bits per heavy atom. The van der Waals surface area contributed by atoms with Gasteiger partial charge in [0.2, 0.25) is 0 Å². The highest BCUT2D eigenvalue weighted by Crippen LogP contribution is 2.22. The average molecular weight is 350 g/mol. The number of aromatic nitrogens is 2. The molecule has 25 heavy (non-hydrogen) atoms. The molecule has 1 aromatic heterocycles. The lowest BCUT2D eigenvalue weighted by Gasteiger charge is -2.02. The van der Waals surface area contributed by atoms with Crippen LogP contribution in [0.1, 0.15) is 5.56 Å². The quantitative estimate of drug-likeness (QED) is 0.315. The van der Waals surface area contributed by atoms with Gasteiger partial charge in [0.15, 0.2) is 5.16 Å². The predicted octanol–water partition coefficient (Wildman–Crippen LogP) is 1.32. The van der Waals surface area contributed by atoms with E-state index in [1.807, 2.05) is 35.9 Å². The Hall–Kier alpha value is -2.74. The number of aromatic hydroxyl groups is 1. The molecule has 2 N–H and O–H groups in total. The summed E-state index contributed by atoms with van der Waals surface area (Å²) in [5.74, 6) is -0.0461. The smallest absolute Gasteiger partial charge is 0.250 e. The Morgan fingerprint density at radius 3 is 3.00 bits per heavy atom. The van der Waals surface area contributed by atoms with Crippen LogP contribution in [0.5, 0.6) is 5.75 Å². The molecule has 8 heteroatoms. The zero-order valence-corrected chi connectivity index (χ0v) is 14.3. The number of hydrazone groups is 1. The number of benzene rings is 2. The second-order valence-corrected chi connectivity index (χ2v) is 6.28. The van der Waals surface area contributed by atoms with Crippen molar-refractivity contribution in [2.24, 2.45) is 12.1 Å². The molecular weight excluding hydrogens is 335 g/mol. The number of aryl methyl sites for hydroxylation is 1. The summed E-state index contributed by atoms with van der Waals surface area (Å²) in [5, 5.41) is 14.3. The van der Waals surface area contributed by atoms with Gasteiger partial charge in [0, 0.05) is 12.6 Å². The fourth-order valence-electron chi connectivity index (χ4n) is 2.27. The number of thioether (sulfide) groups is 1. The first kappa shape index (κ1) is 17.1. The van der Waals surface area contributed by atoms with Crippen molar-refractivity contribution in [3.05, 3.63) is 48.0 Å². The molecule has 0 bridgehead atoms. The Bertz CT molecular complexity index is 955. The fraction of sp³-hybridized carbons (Fsp3) is 0.118. The SMILES string of the molecule is [B]c1ccc(O)c(/C=N/NC(=O)CSc2nc3ccccc3n2C)c1. The van der Waals surface area contributed by atoms with Gasteiger partial charge in [-0.25, -0.2) is 10.4 Å². The molecule has 1 heterocycles. The van der Waals surface area contributed by atoms with Gasteiger partial charge in [0.1, 0.15) is 13.6 Å². The third-order valence-corrected chi connectivity index (χ3v) is 4.55. The molecule has 6 nitrogen and oxygen atoms in total. The van der Waals surface area contributed by atoms with Crippen molar-refractivity contribution in [1.82, 2.24) is 15.0 Å². The van der Waals surface area contributed by atoms with Crippen molar-refractivity contribution in [2.45, 2.75) is 5.16 Å².